The van der Waals surface area contributed by atoms with Crippen LogP contribution in [0, 0.1) is 0 Å². The van der Waals surface area contributed by atoms with Crippen molar-refractivity contribution in [1.82, 2.24) is 4.90 Å². The van der Waals surface area contributed by atoms with E-state index >= 15 is 0 Å². The lowest BCUT2D eigenvalue weighted by molar-refractivity contribution is -0.122. The number of piperazine rings is 1. The second-order valence-electron chi connectivity index (χ2n) is 5.86. The maximum Gasteiger partial charge on any atom is 0.148 e. The van der Waals surface area contributed by atoms with Crippen LogP contribution in [-0.4, -0.2) is 36.4 Å². The van der Waals surface area contributed by atoms with Gasteiger partial charge in [-0.2, -0.15) is 0 Å². The molecule has 2 aromatic rings. The van der Waals surface area contributed by atoms with Crippen molar-refractivity contribution in [1.29, 1.82) is 0 Å². The van der Waals surface area contributed by atoms with Gasteiger partial charge in [0.2, 0.25) is 0 Å². The van der Waals surface area contributed by atoms with Gasteiger partial charge in [-0.3, -0.25) is 9.69 Å². The summed E-state index contributed by atoms with van der Waals surface area (Å²) in [5.74, 6) is 0.247. The zero-order valence-corrected chi connectivity index (χ0v) is 13.0. The number of rotatable bonds is 4. The fourth-order valence-electron chi connectivity index (χ4n) is 3.09. The maximum absolute atomic E-state index is 12.1. The number of ketones is 1. The maximum atomic E-state index is 12.1. The molecule has 0 amide bonds. The highest BCUT2D eigenvalue weighted by molar-refractivity contribution is 5.82. The van der Waals surface area contributed by atoms with Crippen LogP contribution in [0.3, 0.4) is 0 Å². The quantitative estimate of drug-likeness (QED) is 0.866. The molecule has 3 heteroatoms. The van der Waals surface area contributed by atoms with Crippen molar-refractivity contribution in [3.05, 3.63) is 66.2 Å². The van der Waals surface area contributed by atoms with E-state index in [0.717, 1.165) is 26.2 Å². The van der Waals surface area contributed by atoms with E-state index in [1.807, 2.05) is 12.1 Å². The minimum Gasteiger partial charge on any atom is -0.368 e. The molecule has 1 aliphatic rings. The summed E-state index contributed by atoms with van der Waals surface area (Å²) in [5.41, 5.74) is 2.47. The Balaban J connectivity index is 1.73. The van der Waals surface area contributed by atoms with Crippen LogP contribution in [0.4, 0.5) is 5.69 Å². The lowest BCUT2D eigenvalue weighted by Crippen LogP contribution is -2.55. The Bertz CT molecular complexity index is 612. The van der Waals surface area contributed by atoms with Gasteiger partial charge in [0.15, 0.2) is 0 Å². The Morgan fingerprint density at radius 2 is 1.64 bits per heavy atom. The van der Waals surface area contributed by atoms with Crippen LogP contribution in [0.5, 0.6) is 0 Å². The van der Waals surface area contributed by atoms with Crippen LogP contribution in [-0.2, 0) is 11.3 Å². The van der Waals surface area contributed by atoms with Crippen LogP contribution in [0.2, 0.25) is 0 Å². The summed E-state index contributed by atoms with van der Waals surface area (Å²) in [6, 6.07) is 20.7. The van der Waals surface area contributed by atoms with Crippen LogP contribution >= 0.6 is 0 Å². The molecule has 1 saturated heterocycles. The molecular formula is C19H22N2O. The Morgan fingerprint density at radius 1 is 1.00 bits per heavy atom. The molecule has 1 heterocycles. The first-order valence-electron chi connectivity index (χ1n) is 7.82. The van der Waals surface area contributed by atoms with E-state index in [1.54, 1.807) is 6.92 Å². The number of Topliss-reactive ketones (excluding diaryl/α,β-unsaturated/α-hetero) is 1. The van der Waals surface area contributed by atoms with Gasteiger partial charge in [-0.25, -0.2) is 0 Å². The van der Waals surface area contributed by atoms with Crippen molar-refractivity contribution in [2.24, 2.45) is 0 Å². The SMILES string of the molecule is CC(=O)[C@@H]1CN(c2ccccc2)CCN1Cc1ccccc1. The number of anilines is 1. The first-order chi connectivity index (χ1) is 10.7. The second kappa shape index (κ2) is 6.75. The molecule has 0 spiro atoms. The molecule has 2 aromatic carbocycles. The fourth-order valence-corrected chi connectivity index (χ4v) is 3.09. The highest BCUT2D eigenvalue weighted by Gasteiger charge is 2.30. The van der Waals surface area contributed by atoms with Crippen LogP contribution in [0.15, 0.2) is 60.7 Å². The van der Waals surface area contributed by atoms with E-state index in [-0.39, 0.29) is 11.8 Å². The van der Waals surface area contributed by atoms with Crippen molar-refractivity contribution in [2.45, 2.75) is 19.5 Å². The number of hydrogen-bond donors (Lipinski definition) is 0. The molecule has 0 aliphatic carbocycles. The molecule has 0 aromatic heterocycles. The molecule has 1 fully saturated rings. The largest absolute Gasteiger partial charge is 0.368 e. The predicted octanol–water partition coefficient (Wildman–Crippen LogP) is 2.97. The van der Waals surface area contributed by atoms with E-state index < -0.39 is 0 Å². The van der Waals surface area contributed by atoms with Crippen LogP contribution in [0.1, 0.15) is 12.5 Å². The molecule has 1 aliphatic heterocycles. The minimum atomic E-state index is -0.0332. The molecule has 0 N–H and O–H groups in total. The van der Waals surface area contributed by atoms with Crippen LogP contribution < -0.4 is 4.90 Å². The molecule has 1 atom stereocenters. The third kappa shape index (κ3) is 3.37. The van der Waals surface area contributed by atoms with Gasteiger partial charge in [0.1, 0.15) is 5.78 Å². The zero-order valence-electron chi connectivity index (χ0n) is 13.0. The summed E-state index contributed by atoms with van der Waals surface area (Å²) >= 11 is 0. The fraction of sp³-hybridized carbons (Fsp3) is 0.316. The van der Waals surface area contributed by atoms with Gasteiger partial charge < -0.3 is 4.90 Å². The predicted molar refractivity (Wildman–Crippen MR) is 90.0 cm³/mol. The van der Waals surface area contributed by atoms with Crippen molar-refractivity contribution >= 4 is 11.5 Å². The van der Waals surface area contributed by atoms with Gasteiger partial charge in [0.05, 0.1) is 6.04 Å². The summed E-state index contributed by atoms with van der Waals surface area (Å²) in [4.78, 5) is 16.7. The molecule has 0 bridgehead atoms. The average Bonchev–Trinajstić information content (AvgIpc) is 2.57. The van der Waals surface area contributed by atoms with E-state index in [0.29, 0.717) is 0 Å². The number of carbonyl (C=O) groups is 1. The van der Waals surface area contributed by atoms with Gasteiger partial charge in [0, 0.05) is 31.9 Å². The Morgan fingerprint density at radius 3 is 2.27 bits per heavy atom. The number of hydrogen-bond acceptors (Lipinski definition) is 3. The van der Waals surface area contributed by atoms with E-state index in [1.165, 1.54) is 11.3 Å². The topological polar surface area (TPSA) is 23.6 Å². The van der Waals surface area contributed by atoms with Gasteiger partial charge in [-0.05, 0) is 24.6 Å². The van der Waals surface area contributed by atoms with Crippen molar-refractivity contribution in [3.8, 4) is 0 Å². The lowest BCUT2D eigenvalue weighted by atomic mass is 10.1. The summed E-state index contributed by atoms with van der Waals surface area (Å²) in [5, 5.41) is 0. The van der Waals surface area contributed by atoms with Crippen molar-refractivity contribution in [3.63, 3.8) is 0 Å². The first kappa shape index (κ1) is 14.8. The van der Waals surface area contributed by atoms with Crippen LogP contribution in [0.25, 0.3) is 0 Å². The standard InChI is InChI=1S/C19H22N2O/c1-16(22)19-15-20(18-10-6-3-7-11-18)12-13-21(19)14-17-8-4-2-5-9-17/h2-11,19H,12-15H2,1H3/t19-/m0/s1. The molecule has 0 saturated carbocycles. The Labute approximate surface area is 132 Å². The average molecular weight is 294 g/mol. The molecule has 3 rings (SSSR count). The molecule has 22 heavy (non-hydrogen) atoms. The van der Waals surface area contributed by atoms with Gasteiger partial charge >= 0.3 is 0 Å². The van der Waals surface area contributed by atoms with E-state index in [9.17, 15) is 4.79 Å². The smallest absolute Gasteiger partial charge is 0.148 e. The molecule has 3 nitrogen and oxygen atoms in total. The first-order valence-corrected chi connectivity index (χ1v) is 7.82. The van der Waals surface area contributed by atoms with Crippen molar-refractivity contribution in [2.75, 3.05) is 24.5 Å². The normalized spacial score (nSPS) is 19.1. The monoisotopic (exact) mass is 294 g/mol. The van der Waals surface area contributed by atoms with E-state index in [2.05, 4.69) is 58.3 Å². The zero-order chi connectivity index (χ0) is 15.4. The Kier molecular flexibility index (Phi) is 4.54. The second-order valence-corrected chi connectivity index (χ2v) is 5.86. The summed E-state index contributed by atoms with van der Waals surface area (Å²) < 4.78 is 0. The molecule has 114 valence electrons. The third-order valence-corrected chi connectivity index (χ3v) is 4.31. The number of para-hydroxylation sites is 1. The number of nitrogens with zero attached hydrogens (tertiary/aromatic N) is 2. The van der Waals surface area contributed by atoms with Gasteiger partial charge in [0.25, 0.3) is 0 Å². The lowest BCUT2D eigenvalue weighted by Gasteiger charge is -2.41. The number of benzene rings is 2. The number of carbonyl (C=O) groups excluding carboxylic acids is 1. The molecule has 0 radical (unpaired) electrons. The van der Waals surface area contributed by atoms with E-state index in [4.69, 9.17) is 0 Å². The summed E-state index contributed by atoms with van der Waals surface area (Å²) in [7, 11) is 0. The van der Waals surface area contributed by atoms with Gasteiger partial charge in [-0.15, -0.1) is 0 Å². The highest BCUT2D eigenvalue weighted by Crippen LogP contribution is 2.20. The van der Waals surface area contributed by atoms with Gasteiger partial charge in [-0.1, -0.05) is 48.5 Å². The minimum absolute atomic E-state index is 0.0332. The third-order valence-electron chi connectivity index (χ3n) is 4.31. The summed E-state index contributed by atoms with van der Waals surface area (Å²) in [6.45, 7) is 5.19. The molecule has 0 unspecified atom stereocenters. The molecular weight excluding hydrogens is 272 g/mol. The highest BCUT2D eigenvalue weighted by atomic mass is 16.1. The van der Waals surface area contributed by atoms with Crippen molar-refractivity contribution < 1.29 is 4.79 Å². The summed E-state index contributed by atoms with van der Waals surface area (Å²) in [6.07, 6.45) is 0. The Hall–Kier alpha value is -2.13.